The summed E-state index contributed by atoms with van der Waals surface area (Å²) in [7, 11) is 1.10. The molecule has 0 aliphatic carbocycles. The Labute approximate surface area is 166 Å². The van der Waals surface area contributed by atoms with Crippen LogP contribution < -0.4 is 5.32 Å². The highest BCUT2D eigenvalue weighted by Gasteiger charge is 2.36. The maximum Gasteiger partial charge on any atom is 0.417 e. The molecule has 0 radical (unpaired) electrons. The lowest BCUT2D eigenvalue weighted by atomic mass is 10.1. The van der Waals surface area contributed by atoms with Crippen LogP contribution in [0.1, 0.15) is 21.5 Å². The molecule has 29 heavy (non-hydrogen) atoms. The Hall–Kier alpha value is -2.75. The monoisotopic (exact) mass is 438 g/mol. The summed E-state index contributed by atoms with van der Waals surface area (Å²) >= 11 is 5.49. The average molecular weight is 439 g/mol. The van der Waals surface area contributed by atoms with Crippen LogP contribution >= 0.6 is 11.6 Å². The molecule has 0 saturated heterocycles. The minimum atomic E-state index is -4.77. The highest BCUT2D eigenvalue weighted by Crippen LogP contribution is 2.36. The third-order valence-electron chi connectivity index (χ3n) is 3.75. The number of nitrogens with one attached hydrogen (secondary N) is 1. The highest BCUT2D eigenvalue weighted by molar-refractivity contribution is 6.31. The molecule has 11 heteroatoms. The lowest BCUT2D eigenvalue weighted by molar-refractivity contribution is -0.138. The van der Waals surface area contributed by atoms with E-state index in [2.05, 4.69) is 5.32 Å². The van der Waals surface area contributed by atoms with Crippen molar-refractivity contribution in [1.82, 2.24) is 4.90 Å². The number of carbonyl (C=O) groups excluding carboxylic acids is 2. The van der Waals surface area contributed by atoms with Crippen molar-refractivity contribution in [3.05, 3.63) is 64.2 Å². The molecule has 2 aromatic rings. The molecule has 0 fully saturated rings. The second-order valence-corrected chi connectivity index (χ2v) is 6.35. The molecule has 0 saturated carbocycles. The zero-order valence-electron chi connectivity index (χ0n) is 14.7. The Morgan fingerprint density at radius 1 is 0.966 bits per heavy atom. The largest absolute Gasteiger partial charge is 0.417 e. The number of nitrogens with zero attached hydrogens (tertiary/aromatic N) is 1. The van der Waals surface area contributed by atoms with E-state index in [1.807, 2.05) is 0 Å². The van der Waals surface area contributed by atoms with Crippen molar-refractivity contribution in [2.75, 3.05) is 18.9 Å². The van der Waals surface area contributed by atoms with Gasteiger partial charge in [-0.05, 0) is 30.3 Å². The van der Waals surface area contributed by atoms with Gasteiger partial charge in [-0.25, -0.2) is 0 Å². The Kier molecular flexibility index (Phi) is 6.46. The van der Waals surface area contributed by atoms with Crippen LogP contribution in [0.2, 0.25) is 5.02 Å². The van der Waals surface area contributed by atoms with Crippen molar-refractivity contribution in [2.45, 2.75) is 12.4 Å². The second-order valence-electron chi connectivity index (χ2n) is 5.95. The van der Waals surface area contributed by atoms with Crippen LogP contribution in [-0.2, 0) is 17.1 Å². The van der Waals surface area contributed by atoms with E-state index in [1.165, 1.54) is 6.07 Å². The summed E-state index contributed by atoms with van der Waals surface area (Å²) in [4.78, 5) is 25.1. The summed E-state index contributed by atoms with van der Waals surface area (Å²) in [5.41, 5.74) is -3.21. The number of carbonyl (C=O) groups is 2. The average Bonchev–Trinajstić information content (AvgIpc) is 2.61. The number of alkyl halides is 6. The molecular formula is C18H13ClF6N2O2. The molecule has 156 valence electrons. The molecule has 0 aliphatic heterocycles. The van der Waals surface area contributed by atoms with Crippen LogP contribution in [0.4, 0.5) is 32.0 Å². The van der Waals surface area contributed by atoms with E-state index in [9.17, 15) is 35.9 Å². The summed E-state index contributed by atoms with van der Waals surface area (Å²) in [6.45, 7) is -0.686. The molecule has 0 bridgehead atoms. The Morgan fingerprint density at radius 3 is 2.14 bits per heavy atom. The third kappa shape index (κ3) is 5.63. The van der Waals surface area contributed by atoms with Crippen LogP contribution in [-0.4, -0.2) is 30.3 Å². The van der Waals surface area contributed by atoms with Crippen LogP contribution in [0.5, 0.6) is 0 Å². The summed E-state index contributed by atoms with van der Waals surface area (Å²) in [5.74, 6) is -1.97. The molecule has 2 amide bonds. The van der Waals surface area contributed by atoms with E-state index in [0.29, 0.717) is 6.07 Å². The molecule has 0 aromatic heterocycles. The predicted molar refractivity (Wildman–Crippen MR) is 93.5 cm³/mol. The normalized spacial score (nSPS) is 11.9. The minimum absolute atomic E-state index is 0.233. The number of benzene rings is 2. The topological polar surface area (TPSA) is 49.4 Å². The van der Waals surface area contributed by atoms with Gasteiger partial charge in [0.1, 0.15) is 0 Å². The van der Waals surface area contributed by atoms with Gasteiger partial charge < -0.3 is 10.2 Å². The number of hydrogen-bond donors (Lipinski definition) is 1. The highest BCUT2D eigenvalue weighted by atomic mass is 35.5. The first kappa shape index (κ1) is 22.5. The second kappa shape index (κ2) is 8.32. The fraction of sp³-hybridized carbons (Fsp3) is 0.222. The van der Waals surface area contributed by atoms with Gasteiger partial charge in [0, 0.05) is 12.7 Å². The van der Waals surface area contributed by atoms with Crippen molar-refractivity contribution in [3.63, 3.8) is 0 Å². The Morgan fingerprint density at radius 2 is 1.55 bits per heavy atom. The SMILES string of the molecule is CN(CC(=O)Nc1ccc(Cl)c(C(F)(F)F)c1)C(=O)c1ccccc1C(F)(F)F. The molecule has 2 aromatic carbocycles. The molecule has 1 N–H and O–H groups in total. The van der Waals surface area contributed by atoms with E-state index >= 15 is 0 Å². The molecule has 4 nitrogen and oxygen atoms in total. The maximum absolute atomic E-state index is 13.0. The van der Waals surface area contributed by atoms with Gasteiger partial charge in [-0.1, -0.05) is 23.7 Å². The van der Waals surface area contributed by atoms with E-state index in [-0.39, 0.29) is 5.69 Å². The van der Waals surface area contributed by atoms with Gasteiger partial charge in [-0.3, -0.25) is 9.59 Å². The number of anilines is 1. The van der Waals surface area contributed by atoms with Crippen molar-refractivity contribution >= 4 is 29.1 Å². The number of amides is 2. The minimum Gasteiger partial charge on any atom is -0.332 e. The summed E-state index contributed by atoms with van der Waals surface area (Å²) in [5, 5.41) is 1.59. The van der Waals surface area contributed by atoms with Gasteiger partial charge in [0.05, 0.1) is 28.3 Å². The van der Waals surface area contributed by atoms with Crippen molar-refractivity contribution in [2.24, 2.45) is 0 Å². The molecule has 0 heterocycles. The van der Waals surface area contributed by atoms with E-state index in [0.717, 1.165) is 42.3 Å². The molecular weight excluding hydrogens is 426 g/mol. The van der Waals surface area contributed by atoms with Crippen molar-refractivity contribution in [1.29, 1.82) is 0 Å². The predicted octanol–water partition coefficient (Wildman–Crippen LogP) is 5.09. The molecule has 0 spiro atoms. The van der Waals surface area contributed by atoms with E-state index < -0.39 is 52.4 Å². The van der Waals surface area contributed by atoms with Gasteiger partial charge in [-0.2, -0.15) is 26.3 Å². The van der Waals surface area contributed by atoms with E-state index in [4.69, 9.17) is 11.6 Å². The van der Waals surface area contributed by atoms with E-state index in [1.54, 1.807) is 0 Å². The first-order valence-electron chi connectivity index (χ1n) is 7.89. The smallest absolute Gasteiger partial charge is 0.332 e. The zero-order valence-corrected chi connectivity index (χ0v) is 15.4. The molecule has 2 rings (SSSR count). The molecule has 0 unspecified atom stereocenters. The van der Waals surface area contributed by atoms with Gasteiger partial charge in [0.2, 0.25) is 5.91 Å². The summed E-state index contributed by atoms with van der Waals surface area (Å²) in [6, 6.07) is 6.72. The first-order chi connectivity index (χ1) is 13.3. The van der Waals surface area contributed by atoms with Gasteiger partial charge >= 0.3 is 12.4 Å². The zero-order chi connectivity index (χ0) is 22.0. The van der Waals surface area contributed by atoms with Crippen LogP contribution in [0.15, 0.2) is 42.5 Å². The molecule has 0 aliphatic rings. The lowest BCUT2D eigenvalue weighted by Crippen LogP contribution is -2.35. The molecule has 0 atom stereocenters. The van der Waals surface area contributed by atoms with Gasteiger partial charge in [0.15, 0.2) is 0 Å². The third-order valence-corrected chi connectivity index (χ3v) is 4.08. The van der Waals surface area contributed by atoms with Crippen LogP contribution in [0.3, 0.4) is 0 Å². The van der Waals surface area contributed by atoms with Crippen molar-refractivity contribution < 1.29 is 35.9 Å². The van der Waals surface area contributed by atoms with Gasteiger partial charge in [0.25, 0.3) is 5.91 Å². The first-order valence-corrected chi connectivity index (χ1v) is 8.27. The fourth-order valence-electron chi connectivity index (χ4n) is 2.43. The van der Waals surface area contributed by atoms with Crippen LogP contribution in [0.25, 0.3) is 0 Å². The number of hydrogen-bond acceptors (Lipinski definition) is 2. The summed E-state index contributed by atoms with van der Waals surface area (Å²) < 4.78 is 77.7. The van der Waals surface area contributed by atoms with Crippen molar-refractivity contribution in [3.8, 4) is 0 Å². The number of halogens is 7. The number of rotatable bonds is 4. The summed E-state index contributed by atoms with van der Waals surface area (Å²) in [6.07, 6.45) is -9.52. The van der Waals surface area contributed by atoms with Crippen LogP contribution in [0, 0.1) is 0 Å². The maximum atomic E-state index is 13.0. The quantitative estimate of drug-likeness (QED) is 0.676. The lowest BCUT2D eigenvalue weighted by Gasteiger charge is -2.20. The Balaban J connectivity index is 2.14. The Bertz CT molecular complexity index is 927. The fourth-order valence-corrected chi connectivity index (χ4v) is 2.66. The van der Waals surface area contributed by atoms with Gasteiger partial charge in [-0.15, -0.1) is 0 Å². The number of likely N-dealkylation sites (N-methyl/N-ethyl adjacent to an activating group) is 1. The standard InChI is InChI=1S/C18H13ClF6N2O2/c1-27(16(29)11-4-2-3-5-12(11)17(20,21)22)9-15(28)26-10-6-7-14(19)13(8-10)18(23,24)25/h2-8H,9H2,1H3,(H,26,28).